The molecule has 1 aliphatic rings. The summed E-state index contributed by atoms with van der Waals surface area (Å²) < 4.78 is 14.9. The van der Waals surface area contributed by atoms with E-state index in [9.17, 15) is 9.59 Å². The monoisotopic (exact) mass is 482 g/mol. The molecule has 2 aromatic carbocycles. The molecule has 0 saturated carbocycles. The summed E-state index contributed by atoms with van der Waals surface area (Å²) in [4.78, 5) is 26.3. The van der Waals surface area contributed by atoms with Crippen LogP contribution in [0.25, 0.3) is 21.8 Å². The van der Waals surface area contributed by atoms with Gasteiger partial charge in [0.1, 0.15) is 0 Å². The van der Waals surface area contributed by atoms with Crippen LogP contribution in [0, 0.1) is 0 Å². The van der Waals surface area contributed by atoms with Crippen LogP contribution in [0.5, 0.6) is 0 Å². The van der Waals surface area contributed by atoms with Crippen molar-refractivity contribution >= 4 is 33.7 Å². The molecule has 2 heterocycles. The van der Waals surface area contributed by atoms with Crippen LogP contribution in [0.3, 0.4) is 0 Å². The fourth-order valence-corrected chi connectivity index (χ4v) is 5.97. The summed E-state index contributed by atoms with van der Waals surface area (Å²) in [5, 5.41) is 2.06. The molecule has 4 aromatic rings. The third-order valence-electron chi connectivity index (χ3n) is 7.31. The van der Waals surface area contributed by atoms with Crippen molar-refractivity contribution in [3.05, 3.63) is 96.4 Å². The Hall–Kier alpha value is -4.06. The second-order valence-corrected chi connectivity index (χ2v) is 9.10. The maximum atomic E-state index is 13.4. The fourth-order valence-electron chi connectivity index (χ4n) is 5.97. The number of allylic oxidation sites excluding steroid dienone is 2. The predicted octanol–water partition coefficient (Wildman–Crippen LogP) is 5.48. The maximum Gasteiger partial charge on any atom is 0.313 e. The molecule has 0 spiro atoms. The summed E-state index contributed by atoms with van der Waals surface area (Å²) in [5.74, 6) is -1.45. The van der Waals surface area contributed by atoms with Gasteiger partial charge in [0.25, 0.3) is 0 Å². The van der Waals surface area contributed by atoms with Crippen molar-refractivity contribution in [3.63, 3.8) is 0 Å². The maximum absolute atomic E-state index is 13.4. The van der Waals surface area contributed by atoms with Gasteiger partial charge in [0.05, 0.1) is 26.6 Å². The van der Waals surface area contributed by atoms with E-state index in [1.807, 2.05) is 42.5 Å². The Morgan fingerprint density at radius 2 is 1.47 bits per heavy atom. The van der Waals surface area contributed by atoms with Crippen molar-refractivity contribution in [3.8, 4) is 0 Å². The van der Waals surface area contributed by atoms with Gasteiger partial charge in [-0.3, -0.25) is 9.59 Å². The first-order chi connectivity index (χ1) is 17.5. The number of carbonyl (C=O) groups is 2. The normalized spacial score (nSPS) is 16.7. The number of carbonyl (C=O) groups excluding carboxylic acids is 2. The van der Waals surface area contributed by atoms with Crippen molar-refractivity contribution in [2.75, 3.05) is 14.2 Å². The zero-order chi connectivity index (χ0) is 25.4. The first kappa shape index (κ1) is 23.7. The van der Waals surface area contributed by atoms with Crippen molar-refractivity contribution < 1.29 is 19.1 Å². The molecule has 0 aliphatic heterocycles. The predicted molar refractivity (Wildman–Crippen MR) is 141 cm³/mol. The van der Waals surface area contributed by atoms with Crippen LogP contribution >= 0.6 is 0 Å². The third kappa shape index (κ3) is 3.56. The van der Waals surface area contributed by atoms with Crippen LogP contribution in [-0.4, -0.2) is 35.3 Å². The summed E-state index contributed by atoms with van der Waals surface area (Å²) in [5.41, 5.74) is 5.99. The summed E-state index contributed by atoms with van der Waals surface area (Å²) in [6.45, 7) is 9.10. The number of rotatable bonds is 7. The van der Waals surface area contributed by atoms with E-state index in [4.69, 9.17) is 9.47 Å². The summed E-state index contributed by atoms with van der Waals surface area (Å²) in [6.07, 6.45) is 4.32. The zero-order valence-corrected chi connectivity index (χ0v) is 20.7. The Morgan fingerprint density at radius 1 is 0.889 bits per heavy atom. The Labute approximate surface area is 210 Å². The van der Waals surface area contributed by atoms with Crippen molar-refractivity contribution in [2.24, 2.45) is 0 Å². The average Bonchev–Trinajstić information content (AvgIpc) is 3.33. The molecule has 0 saturated heterocycles. The van der Waals surface area contributed by atoms with Gasteiger partial charge in [-0.2, -0.15) is 0 Å². The van der Waals surface area contributed by atoms with Gasteiger partial charge in [-0.25, -0.2) is 0 Å². The Bertz CT molecular complexity index is 1510. The smallest absolute Gasteiger partial charge is 0.313 e. The van der Waals surface area contributed by atoms with E-state index >= 15 is 0 Å². The van der Waals surface area contributed by atoms with E-state index in [1.54, 1.807) is 0 Å². The number of esters is 2. The lowest BCUT2D eigenvalue weighted by Crippen LogP contribution is -2.19. The first-order valence-corrected chi connectivity index (χ1v) is 12.1. The second kappa shape index (κ2) is 9.53. The SMILES string of the molecule is C=CCn1c2c(c3ccccc31)[C@H](CC(=O)OC)c1c(c3ccccc3n1CC=C)[C@@H](C(=O)OC)C2. The standard InChI is InChI=1S/C30H30N2O4/c1-5-15-31-23-13-9-7-11-19(23)27-21(18-26(33)35-3)29-28(22(17-25(27)31)30(34)36-4)20-12-8-10-14-24(20)32(29)16-6-2/h5-14,21-22H,1-2,15-18H2,3-4H3/t21-,22-/m0/s1. The molecule has 0 unspecified atom stereocenters. The van der Waals surface area contributed by atoms with Gasteiger partial charge in [0.15, 0.2) is 0 Å². The number of hydrogen-bond donors (Lipinski definition) is 0. The van der Waals surface area contributed by atoms with Crippen LogP contribution in [0.15, 0.2) is 73.8 Å². The molecular formula is C30H30N2O4. The molecule has 0 N–H and O–H groups in total. The molecule has 0 amide bonds. The van der Waals surface area contributed by atoms with Crippen LogP contribution < -0.4 is 0 Å². The van der Waals surface area contributed by atoms with Crippen LogP contribution in [0.2, 0.25) is 0 Å². The van der Waals surface area contributed by atoms with Crippen molar-refractivity contribution in [1.29, 1.82) is 0 Å². The molecule has 6 heteroatoms. The zero-order valence-electron chi connectivity index (χ0n) is 20.7. The van der Waals surface area contributed by atoms with Crippen molar-refractivity contribution in [2.45, 2.75) is 37.8 Å². The highest BCUT2D eigenvalue weighted by Crippen LogP contribution is 2.49. The van der Waals surface area contributed by atoms with Crippen molar-refractivity contribution in [1.82, 2.24) is 9.13 Å². The summed E-state index contributed by atoms with van der Waals surface area (Å²) in [6, 6.07) is 16.3. The van der Waals surface area contributed by atoms with Crippen LogP contribution in [-0.2, 0) is 38.6 Å². The van der Waals surface area contributed by atoms with E-state index in [-0.39, 0.29) is 24.3 Å². The Balaban J connectivity index is 1.96. The van der Waals surface area contributed by atoms with E-state index in [2.05, 4.69) is 40.5 Å². The Morgan fingerprint density at radius 3 is 2.08 bits per heavy atom. The van der Waals surface area contributed by atoms with Gasteiger partial charge in [-0.05, 0) is 23.3 Å². The molecule has 184 valence electrons. The molecule has 1 aliphatic carbocycles. The number of ether oxygens (including phenoxy) is 2. The number of benzene rings is 2. The molecule has 36 heavy (non-hydrogen) atoms. The number of methoxy groups -OCH3 is 2. The Kier molecular flexibility index (Phi) is 6.27. The summed E-state index contributed by atoms with van der Waals surface area (Å²) >= 11 is 0. The van der Waals surface area contributed by atoms with Crippen LogP contribution in [0.1, 0.15) is 40.8 Å². The molecule has 2 aromatic heterocycles. The minimum atomic E-state index is -0.532. The number of aromatic nitrogens is 2. The second-order valence-electron chi connectivity index (χ2n) is 9.10. The lowest BCUT2D eigenvalue weighted by molar-refractivity contribution is -0.142. The highest BCUT2D eigenvalue weighted by atomic mass is 16.5. The first-order valence-electron chi connectivity index (χ1n) is 12.1. The topological polar surface area (TPSA) is 62.5 Å². The molecule has 0 bridgehead atoms. The molecule has 6 nitrogen and oxygen atoms in total. The molecule has 0 radical (unpaired) electrons. The minimum Gasteiger partial charge on any atom is -0.469 e. The number of para-hydroxylation sites is 2. The summed E-state index contributed by atoms with van der Waals surface area (Å²) in [7, 11) is 2.85. The number of hydrogen-bond acceptors (Lipinski definition) is 4. The number of fused-ring (bicyclic) bond motifs is 6. The molecule has 0 fully saturated rings. The minimum absolute atomic E-state index is 0.153. The van der Waals surface area contributed by atoms with E-state index in [0.29, 0.717) is 19.5 Å². The molecule has 5 rings (SSSR count). The van der Waals surface area contributed by atoms with Crippen LogP contribution in [0.4, 0.5) is 0 Å². The highest BCUT2D eigenvalue weighted by Gasteiger charge is 2.41. The average molecular weight is 483 g/mol. The van der Waals surface area contributed by atoms with Gasteiger partial charge >= 0.3 is 11.9 Å². The van der Waals surface area contributed by atoms with E-state index in [1.165, 1.54) is 14.2 Å². The van der Waals surface area contributed by atoms with Gasteiger partial charge in [0.2, 0.25) is 0 Å². The molecular weight excluding hydrogens is 452 g/mol. The largest absolute Gasteiger partial charge is 0.469 e. The van der Waals surface area contributed by atoms with Gasteiger partial charge < -0.3 is 18.6 Å². The lowest BCUT2D eigenvalue weighted by atomic mass is 9.88. The number of nitrogens with zero attached hydrogens (tertiary/aromatic N) is 2. The fraction of sp³-hybridized carbons (Fsp3) is 0.267. The van der Waals surface area contributed by atoms with E-state index < -0.39 is 5.92 Å². The third-order valence-corrected chi connectivity index (χ3v) is 7.31. The lowest BCUT2D eigenvalue weighted by Gasteiger charge is -2.21. The highest BCUT2D eigenvalue weighted by molar-refractivity contribution is 5.95. The van der Waals surface area contributed by atoms with Gasteiger partial charge in [-0.15, -0.1) is 13.2 Å². The quantitative estimate of drug-likeness (QED) is 0.259. The van der Waals surface area contributed by atoms with E-state index in [0.717, 1.165) is 44.3 Å². The van der Waals surface area contributed by atoms with Gasteiger partial charge in [0, 0.05) is 58.6 Å². The van der Waals surface area contributed by atoms with Gasteiger partial charge in [-0.1, -0.05) is 48.6 Å². The molecule has 2 atom stereocenters.